The van der Waals surface area contributed by atoms with Gasteiger partial charge in [-0.1, -0.05) is 30.8 Å². The van der Waals surface area contributed by atoms with Crippen LogP contribution in [0.1, 0.15) is 34.9 Å². The maximum atomic E-state index is 10.5. The number of hydrogen-bond acceptors (Lipinski definition) is 3. The number of rotatable bonds is 6. The Labute approximate surface area is 99.2 Å². The molecule has 0 radical (unpaired) electrons. The van der Waals surface area contributed by atoms with Crippen molar-refractivity contribution in [2.45, 2.75) is 18.9 Å². The summed E-state index contributed by atoms with van der Waals surface area (Å²) in [7, 11) is 0. The van der Waals surface area contributed by atoms with Crippen LogP contribution in [0.4, 0.5) is 0 Å². The number of aldehydes is 1. The van der Waals surface area contributed by atoms with Crippen LogP contribution in [0.2, 0.25) is 0 Å². The van der Waals surface area contributed by atoms with E-state index in [9.17, 15) is 14.7 Å². The molecule has 0 amide bonds. The molecular weight excluding hydrogens is 220 g/mol. The van der Waals surface area contributed by atoms with Gasteiger partial charge in [-0.3, -0.25) is 9.59 Å². The van der Waals surface area contributed by atoms with E-state index in [2.05, 4.69) is 6.58 Å². The smallest absolute Gasteiger partial charge is 0.303 e. The minimum Gasteiger partial charge on any atom is -0.481 e. The van der Waals surface area contributed by atoms with Crippen molar-refractivity contribution < 1.29 is 19.8 Å². The summed E-state index contributed by atoms with van der Waals surface area (Å²) in [6, 6.07) is 6.44. The van der Waals surface area contributed by atoms with Gasteiger partial charge >= 0.3 is 5.97 Å². The van der Waals surface area contributed by atoms with Gasteiger partial charge < -0.3 is 10.2 Å². The summed E-state index contributed by atoms with van der Waals surface area (Å²) in [4.78, 5) is 20.8. The first-order valence-corrected chi connectivity index (χ1v) is 5.17. The van der Waals surface area contributed by atoms with Gasteiger partial charge in [-0.15, -0.1) is 0 Å². The molecule has 0 aliphatic rings. The van der Waals surface area contributed by atoms with Crippen LogP contribution >= 0.6 is 0 Å². The van der Waals surface area contributed by atoms with Gasteiger partial charge in [0, 0.05) is 12.0 Å². The van der Waals surface area contributed by atoms with Crippen molar-refractivity contribution in [2.24, 2.45) is 0 Å². The van der Waals surface area contributed by atoms with E-state index in [1.807, 2.05) is 0 Å². The lowest BCUT2D eigenvalue weighted by molar-refractivity contribution is -0.137. The Balaban J connectivity index is 2.67. The molecular formula is C13H14O4. The van der Waals surface area contributed by atoms with Crippen LogP contribution in [0.5, 0.6) is 0 Å². The third kappa shape index (κ3) is 3.85. The molecule has 0 saturated heterocycles. The molecule has 0 fully saturated rings. The van der Waals surface area contributed by atoms with E-state index in [4.69, 9.17) is 5.11 Å². The van der Waals surface area contributed by atoms with Crippen molar-refractivity contribution in [2.75, 3.05) is 0 Å². The van der Waals surface area contributed by atoms with E-state index in [-0.39, 0.29) is 12.8 Å². The molecule has 1 unspecified atom stereocenters. The van der Waals surface area contributed by atoms with Crippen molar-refractivity contribution in [3.05, 3.63) is 47.5 Å². The van der Waals surface area contributed by atoms with E-state index in [0.29, 0.717) is 16.7 Å². The predicted octanol–water partition coefficient (Wildman–Crippen LogP) is 1.95. The van der Waals surface area contributed by atoms with Crippen LogP contribution in [0, 0.1) is 0 Å². The summed E-state index contributed by atoms with van der Waals surface area (Å²) in [6.07, 6.45) is -0.000954. The summed E-state index contributed by atoms with van der Waals surface area (Å²) in [5, 5.41) is 18.4. The van der Waals surface area contributed by atoms with E-state index >= 15 is 0 Å². The molecule has 0 saturated carbocycles. The number of carbonyl (C=O) groups excluding carboxylic acids is 1. The molecule has 0 aliphatic heterocycles. The summed E-state index contributed by atoms with van der Waals surface area (Å²) < 4.78 is 0. The normalized spacial score (nSPS) is 11.8. The molecule has 4 nitrogen and oxygen atoms in total. The number of carboxylic acid groups (broad SMARTS) is 1. The van der Waals surface area contributed by atoms with Gasteiger partial charge in [-0.05, 0) is 17.6 Å². The van der Waals surface area contributed by atoms with Crippen molar-refractivity contribution in [1.29, 1.82) is 0 Å². The number of aliphatic hydroxyl groups excluding tert-OH is 1. The number of hydrogen-bond donors (Lipinski definition) is 2. The molecule has 0 aromatic heterocycles. The monoisotopic (exact) mass is 234 g/mol. The van der Waals surface area contributed by atoms with Crippen LogP contribution in [0.3, 0.4) is 0 Å². The van der Waals surface area contributed by atoms with Crippen LogP contribution in [-0.2, 0) is 4.79 Å². The zero-order valence-electron chi connectivity index (χ0n) is 9.30. The van der Waals surface area contributed by atoms with E-state index in [1.54, 1.807) is 24.3 Å². The second-order valence-electron chi connectivity index (χ2n) is 3.74. The fourth-order valence-electron chi connectivity index (χ4n) is 1.40. The Bertz CT molecular complexity index is 420. The van der Waals surface area contributed by atoms with Crippen molar-refractivity contribution in [1.82, 2.24) is 0 Å². The van der Waals surface area contributed by atoms with E-state index in [0.717, 1.165) is 6.29 Å². The minimum absolute atomic E-state index is 0.0533. The first-order valence-electron chi connectivity index (χ1n) is 5.17. The van der Waals surface area contributed by atoms with Gasteiger partial charge in [0.05, 0.1) is 6.10 Å². The van der Waals surface area contributed by atoms with Crippen molar-refractivity contribution in [3.63, 3.8) is 0 Å². The summed E-state index contributed by atoms with van der Waals surface area (Å²) in [5.74, 6) is -0.922. The molecule has 1 rings (SSSR count). The van der Waals surface area contributed by atoms with Crippen molar-refractivity contribution in [3.8, 4) is 0 Å². The SMILES string of the molecule is C=C(CCC(=O)O)C(O)c1ccc(C=O)cc1. The highest BCUT2D eigenvalue weighted by atomic mass is 16.4. The van der Waals surface area contributed by atoms with Gasteiger partial charge in [0.15, 0.2) is 0 Å². The maximum absolute atomic E-state index is 10.5. The Morgan fingerprint density at radius 3 is 2.35 bits per heavy atom. The molecule has 0 aliphatic carbocycles. The number of benzene rings is 1. The van der Waals surface area contributed by atoms with Crippen LogP contribution in [-0.4, -0.2) is 22.5 Å². The fourth-order valence-corrected chi connectivity index (χ4v) is 1.40. The summed E-state index contributed by atoms with van der Waals surface area (Å²) in [6.45, 7) is 3.66. The number of aliphatic carboxylic acids is 1. The highest BCUT2D eigenvalue weighted by Crippen LogP contribution is 2.23. The molecule has 1 atom stereocenters. The maximum Gasteiger partial charge on any atom is 0.303 e. The highest BCUT2D eigenvalue weighted by Gasteiger charge is 2.12. The zero-order valence-corrected chi connectivity index (χ0v) is 9.30. The lowest BCUT2D eigenvalue weighted by Gasteiger charge is -2.13. The molecule has 2 N–H and O–H groups in total. The second kappa shape index (κ2) is 5.96. The average molecular weight is 234 g/mol. The molecule has 0 heterocycles. The number of aliphatic hydroxyl groups is 1. The molecule has 17 heavy (non-hydrogen) atoms. The molecule has 0 bridgehead atoms. The molecule has 1 aromatic carbocycles. The first-order chi connectivity index (χ1) is 8.04. The Morgan fingerprint density at radius 2 is 1.88 bits per heavy atom. The lowest BCUT2D eigenvalue weighted by atomic mass is 9.98. The Hall–Kier alpha value is -1.94. The van der Waals surface area contributed by atoms with E-state index < -0.39 is 12.1 Å². The van der Waals surface area contributed by atoms with Crippen LogP contribution in [0.25, 0.3) is 0 Å². The average Bonchev–Trinajstić information content (AvgIpc) is 2.35. The standard InChI is InChI=1S/C13H14O4/c1-9(2-7-12(15)16)13(17)11-5-3-10(8-14)4-6-11/h3-6,8,13,17H,1-2,7H2,(H,15,16). The third-order valence-corrected chi connectivity index (χ3v) is 2.43. The van der Waals surface area contributed by atoms with Gasteiger partial charge in [0.1, 0.15) is 6.29 Å². The lowest BCUT2D eigenvalue weighted by Crippen LogP contribution is -2.03. The van der Waals surface area contributed by atoms with Crippen LogP contribution < -0.4 is 0 Å². The van der Waals surface area contributed by atoms with Gasteiger partial charge in [-0.25, -0.2) is 0 Å². The molecule has 0 spiro atoms. The third-order valence-electron chi connectivity index (χ3n) is 2.43. The topological polar surface area (TPSA) is 74.6 Å². The number of carbonyl (C=O) groups is 2. The zero-order chi connectivity index (χ0) is 12.8. The summed E-state index contributed by atoms with van der Waals surface area (Å²) in [5.41, 5.74) is 1.58. The molecule has 1 aromatic rings. The van der Waals surface area contributed by atoms with Crippen molar-refractivity contribution >= 4 is 12.3 Å². The first kappa shape index (κ1) is 13.1. The second-order valence-corrected chi connectivity index (χ2v) is 3.74. The van der Waals surface area contributed by atoms with Gasteiger partial charge in [0.25, 0.3) is 0 Å². The predicted molar refractivity (Wildman–Crippen MR) is 62.8 cm³/mol. The Kier molecular flexibility index (Phi) is 4.60. The molecule has 4 heteroatoms. The van der Waals surface area contributed by atoms with E-state index in [1.165, 1.54) is 0 Å². The highest BCUT2D eigenvalue weighted by molar-refractivity contribution is 5.74. The largest absolute Gasteiger partial charge is 0.481 e. The fraction of sp³-hybridized carbons (Fsp3) is 0.231. The van der Waals surface area contributed by atoms with Crippen LogP contribution in [0.15, 0.2) is 36.4 Å². The van der Waals surface area contributed by atoms with Gasteiger partial charge in [-0.2, -0.15) is 0 Å². The van der Waals surface area contributed by atoms with Gasteiger partial charge in [0.2, 0.25) is 0 Å². The summed E-state index contributed by atoms with van der Waals surface area (Å²) >= 11 is 0. The minimum atomic E-state index is -0.922. The number of carboxylic acids is 1. The Morgan fingerprint density at radius 1 is 1.29 bits per heavy atom. The quantitative estimate of drug-likeness (QED) is 0.582. The molecule has 90 valence electrons.